The van der Waals surface area contributed by atoms with Gasteiger partial charge in [-0.05, 0) is 25.3 Å². The van der Waals surface area contributed by atoms with Crippen LogP contribution in [0.25, 0.3) is 0 Å². The molecule has 3 fully saturated rings. The van der Waals surface area contributed by atoms with Gasteiger partial charge in [-0.15, -0.1) is 11.3 Å². The number of nitrogens with two attached hydrogens (primary N) is 2. The maximum atomic E-state index is 13.2. The van der Waals surface area contributed by atoms with E-state index < -0.39 is 51.5 Å². The summed E-state index contributed by atoms with van der Waals surface area (Å²) >= 11 is 0.980. The Bertz CT molecular complexity index is 1480. The molecule has 0 radical (unpaired) electrons. The van der Waals surface area contributed by atoms with Crippen LogP contribution in [0.2, 0.25) is 0 Å². The quantitative estimate of drug-likeness (QED) is 0.0600. The van der Waals surface area contributed by atoms with E-state index in [0.717, 1.165) is 35.5 Å². The van der Waals surface area contributed by atoms with Gasteiger partial charge in [0.2, 0.25) is 5.60 Å². The number of carboxylic acid groups (broad SMARTS) is 1. The lowest BCUT2D eigenvalue weighted by atomic mass is 9.81. The summed E-state index contributed by atoms with van der Waals surface area (Å²) in [6, 6.07) is -2.49. The van der Waals surface area contributed by atoms with Crippen LogP contribution in [0.4, 0.5) is 5.13 Å². The fourth-order valence-corrected chi connectivity index (χ4v) is 5.99. The molecule has 0 unspecified atom stereocenters. The van der Waals surface area contributed by atoms with Crippen LogP contribution in [0.3, 0.4) is 0 Å². The number of nitrogens with zero attached hydrogens (tertiary/aromatic N) is 6. The van der Waals surface area contributed by atoms with Gasteiger partial charge in [-0.25, -0.2) is 14.1 Å². The molecule has 5 rings (SSSR count). The molecule has 3 aliphatic rings. The van der Waals surface area contributed by atoms with Gasteiger partial charge in [-0.2, -0.15) is 23.4 Å². The highest BCUT2D eigenvalue weighted by Crippen LogP contribution is 2.40. The van der Waals surface area contributed by atoms with Crippen LogP contribution in [-0.2, 0) is 42.6 Å². The van der Waals surface area contributed by atoms with Crippen LogP contribution in [0, 0.1) is 5.92 Å². The summed E-state index contributed by atoms with van der Waals surface area (Å²) in [4.78, 5) is 47.7. The van der Waals surface area contributed by atoms with Crippen molar-refractivity contribution in [3.63, 3.8) is 0 Å². The molecule has 2 amide bonds. The Morgan fingerprint density at radius 1 is 1.32 bits per heavy atom. The van der Waals surface area contributed by atoms with Gasteiger partial charge in [0.1, 0.15) is 17.8 Å². The molecule has 1 saturated heterocycles. The van der Waals surface area contributed by atoms with Gasteiger partial charge in [0.05, 0.1) is 18.4 Å². The number of thiazole rings is 1. The van der Waals surface area contributed by atoms with Crippen molar-refractivity contribution in [1.82, 2.24) is 34.9 Å². The maximum absolute atomic E-state index is 13.2. The van der Waals surface area contributed by atoms with Crippen LogP contribution >= 0.6 is 11.3 Å². The number of carbonyl (C=O) groups is 3. The van der Waals surface area contributed by atoms with E-state index in [1.54, 1.807) is 0 Å². The minimum Gasteiger partial charge on any atom is -0.478 e. The standard InChI is InChI=1S/C21H28N10O8S2/c22-11-3-10(4-11)5-24-6-12-7-25-30(28-12)8-14-16(18(33)31(14)41(36,37)38)27-17(32)15(13-9-40-20(23)26-13)29-39-21(1-2-21)19(34)35/h7,9-11,14,16,24H,1-6,8,22H2,(H2,23,26)(H,27,32)(H,34,35)(H,36,37,38)/b29-15-/t10-,11-,14-,16+/m1/s1. The van der Waals surface area contributed by atoms with E-state index >= 15 is 0 Å². The molecule has 2 saturated carbocycles. The number of hydrogen-bond donors (Lipinski definition) is 6. The number of hydrogen-bond acceptors (Lipinski definition) is 14. The average Bonchev–Trinajstić information content (AvgIpc) is 3.35. The number of carboxylic acids is 1. The van der Waals surface area contributed by atoms with Crippen LogP contribution in [0.15, 0.2) is 16.7 Å². The molecule has 20 heteroatoms. The van der Waals surface area contributed by atoms with E-state index in [2.05, 4.69) is 31.0 Å². The third-order valence-electron chi connectivity index (χ3n) is 7.04. The van der Waals surface area contributed by atoms with E-state index in [9.17, 15) is 32.5 Å². The van der Waals surface area contributed by atoms with Crippen molar-refractivity contribution in [3.8, 4) is 0 Å². The summed E-state index contributed by atoms with van der Waals surface area (Å²) in [5, 5.41) is 28.5. The summed E-state index contributed by atoms with van der Waals surface area (Å²) in [5.74, 6) is -2.89. The first-order chi connectivity index (χ1) is 19.4. The Labute approximate surface area is 237 Å². The average molecular weight is 613 g/mol. The molecule has 2 aromatic rings. The summed E-state index contributed by atoms with van der Waals surface area (Å²) in [6.45, 7) is 0.864. The predicted molar refractivity (Wildman–Crippen MR) is 140 cm³/mol. The zero-order valence-electron chi connectivity index (χ0n) is 21.4. The van der Waals surface area contributed by atoms with Crippen LogP contribution in [0.5, 0.6) is 0 Å². The van der Waals surface area contributed by atoms with E-state index in [-0.39, 0.29) is 40.6 Å². The van der Waals surface area contributed by atoms with Crippen molar-refractivity contribution in [2.75, 3.05) is 12.3 Å². The number of aliphatic carboxylic acids is 1. The molecule has 1 aliphatic heterocycles. The molecule has 0 aromatic carbocycles. The molecule has 2 aliphatic carbocycles. The summed E-state index contributed by atoms with van der Waals surface area (Å²) in [6.07, 6.45) is 3.72. The van der Waals surface area contributed by atoms with Crippen LogP contribution in [0.1, 0.15) is 37.1 Å². The first kappa shape index (κ1) is 28.8. The van der Waals surface area contributed by atoms with Crippen molar-refractivity contribution in [2.45, 2.75) is 62.5 Å². The molecule has 41 heavy (non-hydrogen) atoms. The molecule has 0 bridgehead atoms. The van der Waals surface area contributed by atoms with Crippen molar-refractivity contribution in [2.24, 2.45) is 16.8 Å². The molecule has 222 valence electrons. The Kier molecular flexibility index (Phi) is 7.68. The predicted octanol–water partition coefficient (Wildman–Crippen LogP) is -2.32. The third-order valence-corrected chi connectivity index (χ3v) is 8.66. The monoisotopic (exact) mass is 612 g/mol. The fraction of sp³-hybridized carbons (Fsp3) is 0.571. The highest BCUT2D eigenvalue weighted by molar-refractivity contribution is 7.84. The lowest BCUT2D eigenvalue weighted by Crippen LogP contribution is -2.73. The number of amides is 2. The van der Waals surface area contributed by atoms with E-state index in [1.807, 2.05) is 0 Å². The van der Waals surface area contributed by atoms with Crippen LogP contribution < -0.4 is 22.1 Å². The third kappa shape index (κ3) is 6.15. The van der Waals surface area contributed by atoms with Gasteiger partial charge in [0.15, 0.2) is 10.8 Å². The van der Waals surface area contributed by atoms with Crippen LogP contribution in [-0.4, -0.2) is 96.1 Å². The molecule has 2 aromatic heterocycles. The van der Waals surface area contributed by atoms with E-state index in [4.69, 9.17) is 16.3 Å². The topological polar surface area (TPSA) is 270 Å². The van der Waals surface area contributed by atoms with Crippen molar-refractivity contribution >= 4 is 50.3 Å². The zero-order valence-corrected chi connectivity index (χ0v) is 23.0. The molecule has 0 spiro atoms. The highest BCUT2D eigenvalue weighted by atomic mass is 32.2. The van der Waals surface area contributed by atoms with Crippen molar-refractivity contribution in [3.05, 3.63) is 23.0 Å². The highest BCUT2D eigenvalue weighted by Gasteiger charge is 2.56. The SMILES string of the molecule is Nc1nc(/C(=N/OC2(C(=O)O)CC2)C(=O)N[C@@H]2C(=O)N(S(=O)(=O)O)[C@@H]2Cn2ncc(CNC[C@H]3C[C@H](N)C3)n2)cs1. The van der Waals surface area contributed by atoms with Crippen molar-refractivity contribution < 1.29 is 37.3 Å². The van der Waals surface area contributed by atoms with Gasteiger partial charge in [-0.1, -0.05) is 5.16 Å². The van der Waals surface area contributed by atoms with Gasteiger partial charge in [0, 0.05) is 30.8 Å². The summed E-state index contributed by atoms with van der Waals surface area (Å²) in [5.41, 5.74) is 9.92. The minimum atomic E-state index is -4.98. The lowest BCUT2D eigenvalue weighted by molar-refractivity contribution is -0.153. The fourth-order valence-electron chi connectivity index (χ4n) is 4.57. The smallest absolute Gasteiger partial charge is 0.362 e. The van der Waals surface area contributed by atoms with E-state index in [0.29, 0.717) is 18.2 Å². The Hall–Kier alpha value is -3.72. The first-order valence-electron chi connectivity index (χ1n) is 12.5. The molecular weight excluding hydrogens is 584 g/mol. The normalized spacial score (nSPS) is 25.3. The zero-order chi connectivity index (χ0) is 29.5. The number of β-lactam (4-membered cyclic amide) rings is 1. The Balaban J connectivity index is 1.28. The van der Waals surface area contributed by atoms with Crippen molar-refractivity contribution in [1.29, 1.82) is 0 Å². The second kappa shape index (κ2) is 10.9. The van der Waals surface area contributed by atoms with Gasteiger partial charge >= 0.3 is 16.3 Å². The lowest BCUT2D eigenvalue weighted by Gasteiger charge is -2.43. The Morgan fingerprint density at radius 3 is 2.63 bits per heavy atom. The largest absolute Gasteiger partial charge is 0.478 e. The van der Waals surface area contributed by atoms with E-state index in [1.165, 1.54) is 11.6 Å². The molecule has 3 heterocycles. The number of anilines is 1. The number of carbonyl (C=O) groups excluding carboxylic acids is 2. The first-order valence-corrected chi connectivity index (χ1v) is 14.8. The second-order valence-electron chi connectivity index (χ2n) is 10.2. The minimum absolute atomic E-state index is 0.0454. The molecule has 18 nitrogen and oxygen atoms in total. The number of nitrogen functional groups attached to an aromatic ring is 1. The summed E-state index contributed by atoms with van der Waals surface area (Å²) < 4.78 is 33.7. The Morgan fingerprint density at radius 2 is 2.05 bits per heavy atom. The summed E-state index contributed by atoms with van der Waals surface area (Å²) in [7, 11) is -4.98. The number of aromatic nitrogens is 4. The van der Waals surface area contributed by atoms with Gasteiger partial charge in [-0.3, -0.25) is 14.1 Å². The van der Waals surface area contributed by atoms with Gasteiger partial charge < -0.3 is 32.0 Å². The number of nitrogens with one attached hydrogen (secondary N) is 2. The second-order valence-corrected chi connectivity index (χ2v) is 12.3. The van der Waals surface area contributed by atoms with Gasteiger partial charge in [0.25, 0.3) is 11.8 Å². The molecular formula is C21H28N10O8S2. The molecule has 8 N–H and O–H groups in total. The number of rotatable bonds is 13. The number of oxime groups is 1. The molecule has 2 atom stereocenters. The maximum Gasteiger partial charge on any atom is 0.362 e.